The largest absolute Gasteiger partial charge is 0.780 e. The summed E-state index contributed by atoms with van der Waals surface area (Å²) >= 11 is 3.24. The van der Waals surface area contributed by atoms with Crippen molar-refractivity contribution in [1.29, 1.82) is 0 Å². The van der Waals surface area contributed by atoms with Crippen LogP contribution in [0.15, 0.2) is 0 Å². The van der Waals surface area contributed by atoms with Gasteiger partial charge in [0.25, 0.3) is 0 Å². The first kappa shape index (κ1) is 236. The van der Waals surface area contributed by atoms with Crippen LogP contribution in [0.3, 0.4) is 0 Å². The van der Waals surface area contributed by atoms with E-state index in [4.69, 9.17) is 13.3 Å². The fourth-order valence-corrected chi connectivity index (χ4v) is 0. The van der Waals surface area contributed by atoms with E-state index in [1.165, 1.54) is 0 Å². The smallest absolute Gasteiger partial charge is 0.0484 e. The topological polar surface area (TPSA) is 415 Å². The van der Waals surface area contributed by atoms with Crippen LogP contribution in [0.25, 0.3) is 0 Å². The van der Waals surface area contributed by atoms with Gasteiger partial charge >= 0.3 is 0 Å². The summed E-state index contributed by atoms with van der Waals surface area (Å²) < 4.78 is 26.7. The van der Waals surface area contributed by atoms with E-state index in [9.17, 15) is 0 Å². The van der Waals surface area contributed by atoms with Crippen LogP contribution in [-0.4, -0.2) is 68.1 Å². The molecule has 24 N–H and O–H groups in total. The third-order valence-electron chi connectivity index (χ3n) is 0. The van der Waals surface area contributed by atoms with Crippen molar-refractivity contribution in [3.05, 3.63) is 0 Å². The van der Waals surface area contributed by atoms with Crippen molar-refractivity contribution in [3.63, 3.8) is 0 Å². The Bertz CT molecular complexity index is 97.1. The summed E-state index contributed by atoms with van der Waals surface area (Å²) in [6, 6.07) is 0. The first-order valence-electron chi connectivity index (χ1n) is 0.667. The molecule has 16 heteroatoms. The molecule has 16 heavy (non-hydrogen) atoms. The van der Waals surface area contributed by atoms with Gasteiger partial charge < -0.3 is 70.0 Å². The van der Waals surface area contributed by atoms with Gasteiger partial charge in [0.2, 0.25) is 0 Å². The molecule has 120 valence electrons. The van der Waals surface area contributed by atoms with Crippen LogP contribution in [0.5, 0.6) is 0 Å². The molecule has 0 aliphatic heterocycles. The maximum Gasteiger partial charge on any atom is -0.0484 e. The third-order valence-corrected chi connectivity index (χ3v) is 0. The van der Waals surface area contributed by atoms with E-state index in [1.54, 1.807) is 0 Å². The molecular weight excluding hydrogens is 286 g/mol. The van der Waals surface area contributed by atoms with E-state index in [0.29, 0.717) is 0 Å². The molecule has 0 amide bonds. The minimum absolute atomic E-state index is 0. The number of quaternary nitrogens is 1. The molecule has 0 unspecified atom stereocenters. The molecule has 0 bridgehead atoms. The summed E-state index contributed by atoms with van der Waals surface area (Å²) in [6.45, 7) is 0. The van der Waals surface area contributed by atoms with E-state index in [0.717, 1.165) is 0 Å². The van der Waals surface area contributed by atoms with Crippen LogP contribution in [0, 0.1) is 0 Å². The molecular formula is H24NO13S2-. The highest BCUT2D eigenvalue weighted by Gasteiger charge is 1.43. The predicted molar refractivity (Wildman–Crippen MR) is 59.2 cm³/mol. The van der Waals surface area contributed by atoms with Crippen molar-refractivity contribution < 1.29 is 68.1 Å². The van der Waals surface area contributed by atoms with Crippen LogP contribution in [0.2, 0.25) is 0 Å². The van der Waals surface area contributed by atoms with Gasteiger partial charge in [-0.3, -0.25) is 4.21 Å². The Hall–Kier alpha value is -0.150. The lowest BCUT2D eigenvalue weighted by Gasteiger charge is -2.12. The molecule has 0 spiro atoms. The lowest BCUT2D eigenvalue weighted by atomic mass is 14.0. The summed E-state index contributed by atoms with van der Waals surface area (Å²) in [5, 5.41) is 0. The second-order valence-corrected chi connectivity index (χ2v) is 2.45. The van der Waals surface area contributed by atoms with Crippen molar-refractivity contribution in [1.82, 2.24) is 6.15 Å². The van der Waals surface area contributed by atoms with E-state index in [1.807, 2.05) is 0 Å². The number of hydrogen-bond donors (Lipinski definition) is 1. The maximum atomic E-state index is 8.89. The van der Waals surface area contributed by atoms with Gasteiger partial charge in [-0.05, 0) is 11.2 Å². The molecule has 0 radical (unpaired) electrons. The van der Waals surface area contributed by atoms with Crippen LogP contribution < -0.4 is 6.15 Å². The first-order valence-corrected chi connectivity index (χ1v) is 3.00. The SMILES string of the molecule is O.O.O.O.O.O.O.O.O.O.O=S([O-])([O-])=S.[NH4+]. The Morgan fingerprint density at radius 3 is 0.625 bits per heavy atom. The molecule has 14 nitrogen and oxygen atoms in total. The Morgan fingerprint density at radius 1 is 0.625 bits per heavy atom. The maximum absolute atomic E-state index is 8.89. The van der Waals surface area contributed by atoms with Crippen LogP contribution in [-0.2, 0) is 20.2 Å². The van der Waals surface area contributed by atoms with Crippen molar-refractivity contribution in [2.75, 3.05) is 0 Å². The minimum Gasteiger partial charge on any atom is -0.780 e. The standard InChI is InChI=1S/H3N.H2O3S2.10H2O/c;1-5(2,3)4;;;;;;;;;;/h1H3;(H2,1,2,3,4);10*1H2/p-1. The van der Waals surface area contributed by atoms with Gasteiger partial charge in [0.1, 0.15) is 0 Å². The van der Waals surface area contributed by atoms with Gasteiger partial charge in [-0.25, -0.2) is 0 Å². The van der Waals surface area contributed by atoms with Crippen LogP contribution >= 0.6 is 0 Å². The average molecular weight is 310 g/mol. The van der Waals surface area contributed by atoms with Gasteiger partial charge in [0, 0.05) is 0 Å². The second-order valence-electron chi connectivity index (χ2n) is 0.408. The fourth-order valence-electron chi connectivity index (χ4n) is 0. The summed E-state index contributed by atoms with van der Waals surface area (Å²) in [5.74, 6) is 0. The molecule has 0 fully saturated rings. The quantitative estimate of drug-likeness (QED) is 0.454. The average Bonchev–Trinajstić information content (AvgIpc) is 0.722. The van der Waals surface area contributed by atoms with Gasteiger partial charge in [-0.2, -0.15) is 0 Å². The molecule has 0 atom stereocenters. The van der Waals surface area contributed by atoms with E-state index < -0.39 is 9.05 Å². The summed E-state index contributed by atoms with van der Waals surface area (Å²) in [5.41, 5.74) is 0. The lowest BCUT2D eigenvalue weighted by Crippen LogP contribution is -1.88. The Morgan fingerprint density at radius 2 is 0.625 bits per heavy atom. The zero-order valence-corrected chi connectivity index (χ0v) is 9.67. The van der Waals surface area contributed by atoms with E-state index in [-0.39, 0.29) is 60.9 Å². The normalized spacial score (nSPS) is 3.62. The predicted octanol–water partition coefficient (Wildman–Crippen LogP) is -8.88. The number of rotatable bonds is 0. The van der Waals surface area contributed by atoms with Crippen molar-refractivity contribution in [3.8, 4) is 0 Å². The Balaban J connectivity index is -0.00000000145. The molecule has 0 aliphatic carbocycles. The zero-order chi connectivity index (χ0) is 4.50. The van der Waals surface area contributed by atoms with Gasteiger partial charge in [0.05, 0.1) is 0 Å². The first-order chi connectivity index (χ1) is 2.00. The van der Waals surface area contributed by atoms with Gasteiger partial charge in [0.15, 0.2) is 0 Å². The molecule has 0 saturated carbocycles. The highest BCUT2D eigenvalue weighted by atomic mass is 32.9. The molecule has 0 saturated heterocycles. The molecule has 0 aliphatic rings. The monoisotopic (exact) mass is 310 g/mol. The summed E-state index contributed by atoms with van der Waals surface area (Å²) in [6.07, 6.45) is 0. The van der Waals surface area contributed by atoms with Crippen LogP contribution in [0.1, 0.15) is 0 Å². The molecule has 0 aromatic heterocycles. The fraction of sp³-hybridized carbons (Fsp3) is 0. The second kappa shape index (κ2) is 83.2. The third kappa shape index (κ3) is 102000. The van der Waals surface area contributed by atoms with Crippen molar-refractivity contribution >= 4 is 20.2 Å². The Kier molecular flexibility index (Phi) is 1230. The molecule has 0 rings (SSSR count). The summed E-state index contributed by atoms with van der Waals surface area (Å²) in [7, 11) is -4.33. The molecule has 0 aromatic carbocycles. The minimum atomic E-state index is -4.33. The zero-order valence-electron chi connectivity index (χ0n) is 8.04. The van der Waals surface area contributed by atoms with E-state index in [2.05, 4.69) is 11.2 Å². The molecule has 0 heterocycles. The van der Waals surface area contributed by atoms with Gasteiger partial charge in [-0.15, -0.1) is 9.05 Å². The highest BCUT2D eigenvalue weighted by molar-refractivity contribution is 8.26. The van der Waals surface area contributed by atoms with Crippen LogP contribution in [0.4, 0.5) is 0 Å². The molecule has 0 aromatic rings. The van der Waals surface area contributed by atoms with E-state index >= 15 is 0 Å². The summed E-state index contributed by atoms with van der Waals surface area (Å²) in [4.78, 5) is 0. The van der Waals surface area contributed by atoms with Crippen molar-refractivity contribution in [2.45, 2.75) is 0 Å². The highest BCUT2D eigenvalue weighted by Crippen LogP contribution is 1.60. The number of hydrogen-bond acceptors (Lipinski definition) is 4. The Labute approximate surface area is 95.3 Å². The van der Waals surface area contributed by atoms with Crippen molar-refractivity contribution in [2.24, 2.45) is 0 Å². The van der Waals surface area contributed by atoms with Gasteiger partial charge in [-0.1, -0.05) is 0 Å². The lowest BCUT2D eigenvalue weighted by molar-refractivity contribution is 0.416.